The Morgan fingerprint density at radius 2 is 1.50 bits per heavy atom. The van der Waals surface area contributed by atoms with Crippen molar-refractivity contribution in [1.82, 2.24) is 10.6 Å². The van der Waals surface area contributed by atoms with E-state index in [0.717, 1.165) is 0 Å². The van der Waals surface area contributed by atoms with Gasteiger partial charge < -0.3 is 24.8 Å². The van der Waals surface area contributed by atoms with E-state index in [1.165, 1.54) is 0 Å². The maximum Gasteiger partial charge on any atom is 0.407 e. The van der Waals surface area contributed by atoms with Crippen molar-refractivity contribution in [3.05, 3.63) is 0 Å². The fourth-order valence-corrected chi connectivity index (χ4v) is 1.38. The van der Waals surface area contributed by atoms with Gasteiger partial charge in [-0.05, 0) is 27.1 Å². The monoisotopic (exact) mass is 315 g/mol. The van der Waals surface area contributed by atoms with E-state index in [0.29, 0.717) is 45.8 Å². The Morgan fingerprint density at radius 1 is 0.955 bits per heavy atom. The van der Waals surface area contributed by atoms with Gasteiger partial charge in [-0.1, -0.05) is 6.82 Å². The van der Waals surface area contributed by atoms with E-state index < -0.39 is 11.7 Å². The molecule has 1 radical (unpaired) electrons. The highest BCUT2D eigenvalue weighted by molar-refractivity contribution is 6.39. The van der Waals surface area contributed by atoms with Crippen molar-refractivity contribution in [1.29, 1.82) is 0 Å². The van der Waals surface area contributed by atoms with Crippen LogP contribution in [0.4, 0.5) is 4.79 Å². The molecular weight excluding hydrogens is 287 g/mol. The molecule has 8 heteroatoms. The molecule has 0 saturated heterocycles. The molecule has 2 amide bonds. The molecule has 0 aliphatic rings. The number of rotatable bonds is 11. The summed E-state index contributed by atoms with van der Waals surface area (Å²) in [7, 11) is 1.80. The maximum absolute atomic E-state index is 11.3. The number of nitrogens with one attached hydrogen (secondary N) is 2. The lowest BCUT2D eigenvalue weighted by Crippen LogP contribution is -2.34. The molecular formula is C14H28BN2O5. The van der Waals surface area contributed by atoms with E-state index in [-0.39, 0.29) is 5.91 Å². The van der Waals surface area contributed by atoms with Crippen LogP contribution in [0.2, 0.25) is 13.1 Å². The zero-order valence-electron chi connectivity index (χ0n) is 14.1. The van der Waals surface area contributed by atoms with Gasteiger partial charge in [0.05, 0.1) is 26.4 Å². The first-order chi connectivity index (χ1) is 10.3. The van der Waals surface area contributed by atoms with E-state index >= 15 is 0 Å². The van der Waals surface area contributed by atoms with Gasteiger partial charge in [-0.25, -0.2) is 4.79 Å². The Bertz CT molecular complexity index is 321. The maximum atomic E-state index is 11.3. The van der Waals surface area contributed by atoms with Crippen LogP contribution in [-0.2, 0) is 19.0 Å². The first kappa shape index (κ1) is 20.7. The number of carbonyl (C=O) groups is 2. The van der Waals surface area contributed by atoms with Crippen LogP contribution in [0.3, 0.4) is 0 Å². The van der Waals surface area contributed by atoms with Crippen molar-refractivity contribution in [2.45, 2.75) is 39.5 Å². The van der Waals surface area contributed by atoms with Crippen LogP contribution in [0.25, 0.3) is 0 Å². The third kappa shape index (κ3) is 15.1. The summed E-state index contributed by atoms with van der Waals surface area (Å²) in [5.41, 5.74) is -0.497. The molecule has 0 saturated carbocycles. The second-order valence-electron chi connectivity index (χ2n) is 5.62. The minimum absolute atomic E-state index is 0.00410. The molecule has 0 aromatic carbocycles. The molecule has 0 aromatic rings. The Morgan fingerprint density at radius 3 is 2.00 bits per heavy atom. The van der Waals surface area contributed by atoms with Crippen molar-refractivity contribution >= 4 is 19.3 Å². The summed E-state index contributed by atoms with van der Waals surface area (Å²) in [6.07, 6.45) is -0.0271. The zero-order valence-corrected chi connectivity index (χ0v) is 14.1. The molecule has 2 N–H and O–H groups in total. The summed E-state index contributed by atoms with van der Waals surface area (Å²) in [5, 5.41) is 5.33. The molecule has 0 aliphatic heterocycles. The Kier molecular flexibility index (Phi) is 11.6. The van der Waals surface area contributed by atoms with Gasteiger partial charge in [-0.3, -0.25) is 4.79 Å². The van der Waals surface area contributed by atoms with E-state index in [1.807, 2.05) is 27.6 Å². The summed E-state index contributed by atoms with van der Waals surface area (Å²) in [6.45, 7) is 9.88. The Balaban J connectivity index is 3.27. The molecule has 0 atom stereocenters. The van der Waals surface area contributed by atoms with Gasteiger partial charge >= 0.3 is 6.09 Å². The van der Waals surface area contributed by atoms with E-state index in [2.05, 4.69) is 10.6 Å². The highest BCUT2D eigenvalue weighted by Crippen LogP contribution is 2.05. The van der Waals surface area contributed by atoms with Crippen LogP contribution >= 0.6 is 0 Å². The molecule has 0 aliphatic carbocycles. The predicted octanol–water partition coefficient (Wildman–Crippen LogP) is 0.831. The molecule has 22 heavy (non-hydrogen) atoms. The fourth-order valence-electron chi connectivity index (χ4n) is 1.38. The number of hydrogen-bond acceptors (Lipinski definition) is 5. The Labute approximate surface area is 133 Å². The lowest BCUT2D eigenvalue weighted by Gasteiger charge is -2.19. The third-order valence-electron chi connectivity index (χ3n) is 2.24. The van der Waals surface area contributed by atoms with Crippen LogP contribution in [0.1, 0.15) is 20.8 Å². The fraction of sp³-hybridized carbons (Fsp3) is 0.857. The van der Waals surface area contributed by atoms with Gasteiger partial charge in [-0.2, -0.15) is 0 Å². The summed E-state index contributed by atoms with van der Waals surface area (Å²) >= 11 is 0. The van der Waals surface area contributed by atoms with Gasteiger partial charge in [-0.15, -0.1) is 0 Å². The van der Waals surface area contributed by atoms with Gasteiger partial charge in [0.15, 0.2) is 0 Å². The summed E-state index contributed by atoms with van der Waals surface area (Å²) < 4.78 is 15.7. The average Bonchev–Trinajstić information content (AvgIpc) is 2.39. The topological polar surface area (TPSA) is 85.9 Å². The van der Waals surface area contributed by atoms with Crippen molar-refractivity contribution in [2.75, 3.05) is 39.5 Å². The second-order valence-corrected chi connectivity index (χ2v) is 5.62. The predicted molar refractivity (Wildman–Crippen MR) is 85.3 cm³/mol. The van der Waals surface area contributed by atoms with Crippen molar-refractivity contribution in [2.24, 2.45) is 0 Å². The highest BCUT2D eigenvalue weighted by Gasteiger charge is 2.15. The standard InChI is InChI=1S/C14H28BN2O5/c1-14(2,3)22-13(19)17-6-8-21-10-9-20-7-5-16-12(18)11-15-4/h5-11H2,1-4H3,(H,16,18)(H,17,19). The van der Waals surface area contributed by atoms with Crippen molar-refractivity contribution < 1.29 is 23.8 Å². The number of carbonyl (C=O) groups excluding carboxylic acids is 2. The van der Waals surface area contributed by atoms with Crippen molar-refractivity contribution in [3.8, 4) is 0 Å². The lowest BCUT2D eigenvalue weighted by molar-refractivity contribution is -0.119. The van der Waals surface area contributed by atoms with Gasteiger partial charge in [0, 0.05) is 13.1 Å². The second kappa shape index (κ2) is 12.3. The first-order valence-corrected chi connectivity index (χ1v) is 7.52. The van der Waals surface area contributed by atoms with Crippen LogP contribution in [0, 0.1) is 0 Å². The smallest absolute Gasteiger partial charge is 0.407 e. The normalized spacial score (nSPS) is 10.9. The zero-order chi connectivity index (χ0) is 16.8. The molecule has 0 aromatic heterocycles. The summed E-state index contributed by atoms with van der Waals surface area (Å²) in [4.78, 5) is 22.4. The van der Waals surface area contributed by atoms with Gasteiger partial charge in [0.2, 0.25) is 5.91 Å². The number of alkyl carbamates (subject to hydrolysis) is 1. The molecule has 0 rings (SSSR count). The van der Waals surface area contributed by atoms with Crippen LogP contribution in [0.15, 0.2) is 0 Å². The number of amides is 2. The van der Waals surface area contributed by atoms with Gasteiger partial charge in [0.25, 0.3) is 0 Å². The molecule has 0 spiro atoms. The SMILES string of the molecule is C[B]CC(=O)NCCOCCOCCNC(=O)OC(C)(C)C. The van der Waals surface area contributed by atoms with Crippen LogP contribution in [-0.4, -0.2) is 64.4 Å². The van der Waals surface area contributed by atoms with E-state index in [4.69, 9.17) is 14.2 Å². The van der Waals surface area contributed by atoms with E-state index in [9.17, 15) is 9.59 Å². The number of ether oxygens (including phenoxy) is 3. The average molecular weight is 315 g/mol. The molecule has 0 heterocycles. The van der Waals surface area contributed by atoms with E-state index in [1.54, 1.807) is 7.28 Å². The molecule has 7 nitrogen and oxygen atoms in total. The largest absolute Gasteiger partial charge is 0.444 e. The molecule has 0 unspecified atom stereocenters. The van der Waals surface area contributed by atoms with Gasteiger partial charge in [0.1, 0.15) is 12.9 Å². The summed E-state index contributed by atoms with van der Waals surface area (Å²) in [6, 6.07) is 0. The molecule has 0 bridgehead atoms. The quantitative estimate of drug-likeness (QED) is 0.436. The minimum atomic E-state index is -0.497. The Hall–Kier alpha value is -1.28. The lowest BCUT2D eigenvalue weighted by atomic mass is 9.78. The highest BCUT2D eigenvalue weighted by atomic mass is 16.6. The van der Waals surface area contributed by atoms with Crippen LogP contribution in [0.5, 0.6) is 0 Å². The minimum Gasteiger partial charge on any atom is -0.444 e. The van der Waals surface area contributed by atoms with Crippen molar-refractivity contribution in [3.63, 3.8) is 0 Å². The molecule has 0 fully saturated rings. The first-order valence-electron chi connectivity index (χ1n) is 7.52. The third-order valence-corrected chi connectivity index (χ3v) is 2.24. The number of hydrogen-bond donors (Lipinski definition) is 2. The van der Waals surface area contributed by atoms with Crippen LogP contribution < -0.4 is 10.6 Å². The molecule has 127 valence electrons. The summed E-state index contributed by atoms with van der Waals surface area (Å²) in [5.74, 6) is -0.00410.